The molecule has 0 aromatic heterocycles. The van der Waals surface area contributed by atoms with Crippen LogP contribution < -0.4 is 4.90 Å². The van der Waals surface area contributed by atoms with Crippen molar-refractivity contribution in [3.8, 4) is 11.1 Å². The maximum Gasteiger partial charge on any atom is 0.0543 e. The van der Waals surface area contributed by atoms with Gasteiger partial charge in [0.2, 0.25) is 0 Å². The maximum atomic E-state index is 2.38. The van der Waals surface area contributed by atoms with Crippen molar-refractivity contribution in [1.82, 2.24) is 0 Å². The molecule has 0 spiro atoms. The third kappa shape index (κ3) is 2.80. The van der Waals surface area contributed by atoms with E-state index >= 15 is 0 Å². The molecule has 5 rings (SSSR count). The molecule has 0 heterocycles. The van der Waals surface area contributed by atoms with Crippen LogP contribution in [-0.4, -0.2) is 0 Å². The van der Waals surface area contributed by atoms with Gasteiger partial charge >= 0.3 is 0 Å². The smallest absolute Gasteiger partial charge is 0.0543 e. The molecular formula is C27H23N. The van der Waals surface area contributed by atoms with Crippen LogP contribution in [0, 0.1) is 13.8 Å². The van der Waals surface area contributed by atoms with E-state index in [0.717, 1.165) is 6.42 Å². The third-order valence-corrected chi connectivity index (χ3v) is 5.59. The Kier molecular flexibility index (Phi) is 4.02. The highest BCUT2D eigenvalue weighted by Gasteiger charge is 2.25. The van der Waals surface area contributed by atoms with Gasteiger partial charge in [-0.25, -0.2) is 0 Å². The Morgan fingerprint density at radius 2 is 1.32 bits per heavy atom. The quantitative estimate of drug-likeness (QED) is 0.325. The van der Waals surface area contributed by atoms with Crippen LogP contribution in [0.2, 0.25) is 0 Å². The Labute approximate surface area is 166 Å². The molecule has 0 fully saturated rings. The summed E-state index contributed by atoms with van der Waals surface area (Å²) >= 11 is 0. The highest BCUT2D eigenvalue weighted by Crippen LogP contribution is 2.47. The third-order valence-electron chi connectivity index (χ3n) is 5.59. The standard InChI is InChI=1S/C27H23N/c1-19-11-14-24(15-12-19)28(23-8-4-3-5-9-23)26-10-6-7-21-18-22-17-20(2)13-16-25(22)27(21)26/h3-17H,18H2,1-2H3. The Hall–Kier alpha value is -3.32. The Bertz CT molecular complexity index is 1140. The number of aryl methyl sites for hydroxylation is 2. The fourth-order valence-electron chi connectivity index (χ4n) is 4.25. The van der Waals surface area contributed by atoms with Crippen LogP contribution in [0.25, 0.3) is 11.1 Å². The first-order valence-electron chi connectivity index (χ1n) is 9.84. The van der Waals surface area contributed by atoms with Gasteiger partial charge in [-0.2, -0.15) is 0 Å². The number of anilines is 3. The zero-order valence-corrected chi connectivity index (χ0v) is 16.3. The first-order chi connectivity index (χ1) is 13.7. The van der Waals surface area contributed by atoms with Gasteiger partial charge in [-0.1, -0.05) is 71.8 Å². The van der Waals surface area contributed by atoms with Gasteiger partial charge in [0.05, 0.1) is 5.69 Å². The summed E-state index contributed by atoms with van der Waals surface area (Å²) in [5, 5.41) is 0. The van der Waals surface area contributed by atoms with Crippen LogP contribution in [0.3, 0.4) is 0 Å². The van der Waals surface area contributed by atoms with Crippen molar-refractivity contribution in [3.63, 3.8) is 0 Å². The number of hydrogen-bond acceptors (Lipinski definition) is 1. The summed E-state index contributed by atoms with van der Waals surface area (Å²) < 4.78 is 0. The fraction of sp³-hybridized carbons (Fsp3) is 0.111. The van der Waals surface area contributed by atoms with Crippen molar-refractivity contribution in [2.24, 2.45) is 0 Å². The van der Waals surface area contributed by atoms with Crippen LogP contribution >= 0.6 is 0 Å². The molecule has 4 aromatic carbocycles. The van der Waals surface area contributed by atoms with Gasteiger partial charge < -0.3 is 4.90 Å². The van der Waals surface area contributed by atoms with Crippen molar-refractivity contribution in [2.75, 3.05) is 4.90 Å². The zero-order valence-electron chi connectivity index (χ0n) is 16.3. The summed E-state index contributed by atoms with van der Waals surface area (Å²) in [7, 11) is 0. The van der Waals surface area contributed by atoms with E-state index in [2.05, 4.69) is 110 Å². The zero-order chi connectivity index (χ0) is 19.1. The summed E-state index contributed by atoms with van der Waals surface area (Å²) in [6.07, 6.45) is 1.01. The molecule has 136 valence electrons. The first kappa shape index (κ1) is 16.8. The van der Waals surface area contributed by atoms with E-state index in [0.29, 0.717) is 0 Å². The van der Waals surface area contributed by atoms with E-state index in [1.54, 1.807) is 0 Å². The SMILES string of the molecule is Cc1ccc(N(c2ccccc2)c2cccc3c2-c2ccc(C)cc2C3)cc1. The average molecular weight is 361 g/mol. The number of rotatable bonds is 3. The molecule has 0 amide bonds. The molecule has 0 radical (unpaired) electrons. The predicted molar refractivity (Wildman–Crippen MR) is 119 cm³/mol. The molecule has 1 heteroatoms. The van der Waals surface area contributed by atoms with E-state index in [4.69, 9.17) is 0 Å². The largest absolute Gasteiger partial charge is 0.310 e. The molecule has 1 aliphatic carbocycles. The van der Waals surface area contributed by atoms with E-state index in [1.165, 1.54) is 50.4 Å². The van der Waals surface area contributed by atoms with Gasteiger partial charge in [0, 0.05) is 16.9 Å². The molecule has 0 saturated heterocycles. The second kappa shape index (κ2) is 6.69. The minimum absolute atomic E-state index is 1.01. The summed E-state index contributed by atoms with van der Waals surface area (Å²) in [6, 6.07) is 33.0. The topological polar surface area (TPSA) is 3.24 Å². The van der Waals surface area contributed by atoms with Crippen molar-refractivity contribution < 1.29 is 0 Å². The minimum Gasteiger partial charge on any atom is -0.310 e. The lowest BCUT2D eigenvalue weighted by molar-refractivity contribution is 1.24. The second-order valence-corrected chi connectivity index (χ2v) is 7.66. The van der Waals surface area contributed by atoms with Gasteiger partial charge in [-0.3, -0.25) is 0 Å². The van der Waals surface area contributed by atoms with Crippen molar-refractivity contribution in [1.29, 1.82) is 0 Å². The first-order valence-corrected chi connectivity index (χ1v) is 9.84. The molecule has 0 saturated carbocycles. The van der Waals surface area contributed by atoms with Crippen molar-refractivity contribution >= 4 is 17.1 Å². The van der Waals surface area contributed by atoms with E-state index in [-0.39, 0.29) is 0 Å². The van der Waals surface area contributed by atoms with E-state index in [9.17, 15) is 0 Å². The lowest BCUT2D eigenvalue weighted by Crippen LogP contribution is -2.11. The maximum absolute atomic E-state index is 2.38. The Morgan fingerprint density at radius 3 is 2.11 bits per heavy atom. The molecule has 0 N–H and O–H groups in total. The van der Waals surface area contributed by atoms with E-state index in [1.807, 2.05) is 0 Å². The summed E-state index contributed by atoms with van der Waals surface area (Å²) in [5.74, 6) is 0. The van der Waals surface area contributed by atoms with Crippen LogP contribution in [0.15, 0.2) is 91.0 Å². The van der Waals surface area contributed by atoms with Gasteiger partial charge in [0.1, 0.15) is 0 Å². The predicted octanol–water partition coefficient (Wildman–Crippen LogP) is 7.34. The van der Waals surface area contributed by atoms with Gasteiger partial charge in [0.25, 0.3) is 0 Å². The molecular weight excluding hydrogens is 338 g/mol. The van der Waals surface area contributed by atoms with Gasteiger partial charge in [-0.15, -0.1) is 0 Å². The number of para-hydroxylation sites is 1. The highest BCUT2D eigenvalue weighted by molar-refractivity contribution is 5.93. The van der Waals surface area contributed by atoms with Gasteiger partial charge in [-0.05, 0) is 67.3 Å². The minimum atomic E-state index is 1.01. The monoisotopic (exact) mass is 361 g/mol. The fourth-order valence-corrected chi connectivity index (χ4v) is 4.25. The Balaban J connectivity index is 1.75. The number of benzene rings is 4. The van der Waals surface area contributed by atoms with Crippen LogP contribution in [0.4, 0.5) is 17.1 Å². The molecule has 1 aliphatic rings. The Morgan fingerprint density at radius 1 is 0.607 bits per heavy atom. The van der Waals surface area contributed by atoms with Crippen LogP contribution in [0.1, 0.15) is 22.3 Å². The lowest BCUT2D eigenvalue weighted by Gasteiger charge is -2.28. The summed E-state index contributed by atoms with van der Waals surface area (Å²) in [5.41, 5.74) is 11.8. The van der Waals surface area contributed by atoms with Crippen molar-refractivity contribution in [3.05, 3.63) is 113 Å². The summed E-state index contributed by atoms with van der Waals surface area (Å²) in [6.45, 7) is 4.31. The van der Waals surface area contributed by atoms with Crippen LogP contribution in [0.5, 0.6) is 0 Å². The molecule has 28 heavy (non-hydrogen) atoms. The summed E-state index contributed by atoms with van der Waals surface area (Å²) in [4.78, 5) is 2.38. The van der Waals surface area contributed by atoms with E-state index < -0.39 is 0 Å². The normalized spacial score (nSPS) is 11.8. The highest BCUT2D eigenvalue weighted by atomic mass is 15.1. The number of nitrogens with zero attached hydrogens (tertiary/aromatic N) is 1. The second-order valence-electron chi connectivity index (χ2n) is 7.66. The van der Waals surface area contributed by atoms with Crippen molar-refractivity contribution in [2.45, 2.75) is 20.3 Å². The van der Waals surface area contributed by atoms with Gasteiger partial charge in [0.15, 0.2) is 0 Å². The molecule has 4 aromatic rings. The molecule has 0 aliphatic heterocycles. The molecule has 1 nitrogen and oxygen atoms in total. The average Bonchev–Trinajstić information content (AvgIpc) is 3.08. The molecule has 0 atom stereocenters. The lowest BCUT2D eigenvalue weighted by atomic mass is 10.0. The number of fused-ring (bicyclic) bond motifs is 3. The van der Waals surface area contributed by atoms with Crippen LogP contribution in [-0.2, 0) is 6.42 Å². The number of hydrogen-bond donors (Lipinski definition) is 0. The molecule has 0 bridgehead atoms. The molecule has 0 unspecified atom stereocenters.